The van der Waals surface area contributed by atoms with Crippen molar-refractivity contribution in [1.82, 2.24) is 0 Å². The number of esters is 2. The molecule has 0 aliphatic heterocycles. The Morgan fingerprint density at radius 3 is 2.27 bits per heavy atom. The molecule has 2 rings (SSSR count). The fourth-order valence-electron chi connectivity index (χ4n) is 2.66. The van der Waals surface area contributed by atoms with Crippen LogP contribution in [0.5, 0.6) is 11.5 Å². The molecule has 0 N–H and O–H groups in total. The van der Waals surface area contributed by atoms with Crippen LogP contribution in [-0.4, -0.2) is 44.7 Å². The number of nitrogens with zero attached hydrogens (tertiary/aromatic N) is 1. The highest BCUT2D eigenvalue weighted by Crippen LogP contribution is 2.25. The minimum Gasteiger partial charge on any atom is -0.497 e. The molecule has 0 fully saturated rings. The van der Waals surface area contributed by atoms with E-state index >= 15 is 0 Å². The summed E-state index contributed by atoms with van der Waals surface area (Å²) in [5.74, 6) is -2.30. The summed E-state index contributed by atoms with van der Waals surface area (Å²) in [6.45, 7) is -0.529. The second kappa shape index (κ2) is 10.6. The van der Waals surface area contributed by atoms with Crippen molar-refractivity contribution in [3.05, 3.63) is 81.6 Å². The molecule has 0 aromatic heterocycles. The maximum atomic E-state index is 12.6. The van der Waals surface area contributed by atoms with Crippen LogP contribution in [0.1, 0.15) is 21.8 Å². The molecule has 0 saturated carbocycles. The summed E-state index contributed by atoms with van der Waals surface area (Å²) in [4.78, 5) is 35.4. The second-order valence-electron chi connectivity index (χ2n) is 6.01. The van der Waals surface area contributed by atoms with Gasteiger partial charge in [0.25, 0.3) is 0 Å². The minimum absolute atomic E-state index is 0.0880. The summed E-state index contributed by atoms with van der Waals surface area (Å²) in [5.41, 5.74) is 0.618. The van der Waals surface area contributed by atoms with Gasteiger partial charge in [0.1, 0.15) is 17.1 Å². The predicted molar refractivity (Wildman–Crippen MR) is 106 cm³/mol. The van der Waals surface area contributed by atoms with E-state index in [4.69, 9.17) is 14.2 Å². The molecule has 0 heterocycles. The Kier molecular flexibility index (Phi) is 7.92. The number of carbonyl (C=O) groups excluding carboxylic acids is 2. The highest BCUT2D eigenvalue weighted by molar-refractivity contribution is 5.97. The molecule has 0 radical (unpaired) electrons. The minimum atomic E-state index is -0.944. The van der Waals surface area contributed by atoms with Gasteiger partial charge in [0.15, 0.2) is 0 Å². The molecule has 9 heteroatoms. The average Bonchev–Trinajstić information content (AvgIpc) is 2.77. The van der Waals surface area contributed by atoms with Gasteiger partial charge in [0.05, 0.1) is 27.2 Å². The van der Waals surface area contributed by atoms with Crippen LogP contribution in [0.2, 0.25) is 0 Å². The van der Waals surface area contributed by atoms with Gasteiger partial charge < -0.3 is 18.9 Å². The van der Waals surface area contributed by atoms with Gasteiger partial charge >= 0.3 is 11.9 Å². The van der Waals surface area contributed by atoms with Crippen molar-refractivity contribution >= 4 is 11.9 Å². The number of rotatable bonds is 9. The lowest BCUT2D eigenvalue weighted by atomic mass is 9.98. The van der Waals surface area contributed by atoms with E-state index in [-0.39, 0.29) is 11.3 Å². The van der Waals surface area contributed by atoms with E-state index in [2.05, 4.69) is 4.74 Å². The van der Waals surface area contributed by atoms with E-state index < -0.39 is 35.1 Å². The third-order valence-corrected chi connectivity index (χ3v) is 4.16. The Hall–Kier alpha value is -3.88. The fraction of sp³-hybridized carbons (Fsp3) is 0.238. The lowest BCUT2D eigenvalue weighted by Gasteiger charge is -2.13. The first kappa shape index (κ1) is 22.4. The van der Waals surface area contributed by atoms with Gasteiger partial charge in [-0.3, -0.25) is 10.1 Å². The first-order valence-electron chi connectivity index (χ1n) is 8.80. The number of methoxy groups -OCH3 is 3. The molecule has 0 saturated heterocycles. The van der Waals surface area contributed by atoms with Crippen LogP contribution in [0.15, 0.2) is 60.4 Å². The van der Waals surface area contributed by atoms with Crippen LogP contribution >= 0.6 is 0 Å². The van der Waals surface area contributed by atoms with Crippen LogP contribution in [0.25, 0.3) is 0 Å². The van der Waals surface area contributed by atoms with E-state index in [1.54, 1.807) is 42.5 Å². The van der Waals surface area contributed by atoms with Gasteiger partial charge in [-0.15, -0.1) is 0 Å². The molecule has 30 heavy (non-hydrogen) atoms. The van der Waals surface area contributed by atoms with E-state index in [1.807, 2.05) is 0 Å². The summed E-state index contributed by atoms with van der Waals surface area (Å²) in [6.07, 6.45) is 1.20. The van der Waals surface area contributed by atoms with Crippen molar-refractivity contribution in [2.45, 2.75) is 5.92 Å². The van der Waals surface area contributed by atoms with E-state index in [0.717, 1.165) is 7.11 Å². The Balaban J connectivity index is 2.40. The number of hydrogen-bond donors (Lipinski definition) is 0. The predicted octanol–water partition coefficient (Wildman–Crippen LogP) is 2.98. The number of carbonyl (C=O) groups is 2. The van der Waals surface area contributed by atoms with Crippen LogP contribution in [0, 0.1) is 10.1 Å². The van der Waals surface area contributed by atoms with E-state index in [0.29, 0.717) is 11.3 Å². The molecule has 0 spiro atoms. The largest absolute Gasteiger partial charge is 0.497 e. The highest BCUT2D eigenvalue weighted by atomic mass is 16.6. The molecule has 0 aliphatic rings. The summed E-state index contributed by atoms with van der Waals surface area (Å²) < 4.78 is 20.1. The van der Waals surface area contributed by atoms with Crippen molar-refractivity contribution in [2.24, 2.45) is 0 Å². The van der Waals surface area contributed by atoms with Gasteiger partial charge in [-0.1, -0.05) is 24.3 Å². The third kappa shape index (κ3) is 5.81. The first-order chi connectivity index (χ1) is 14.4. The van der Waals surface area contributed by atoms with Crippen molar-refractivity contribution in [1.29, 1.82) is 0 Å². The molecule has 2 aromatic carbocycles. The first-order valence-corrected chi connectivity index (χ1v) is 8.80. The number of nitro groups is 1. The molecule has 0 aliphatic carbocycles. The van der Waals surface area contributed by atoms with Gasteiger partial charge in [-0.2, -0.15) is 0 Å². The topological polar surface area (TPSA) is 114 Å². The van der Waals surface area contributed by atoms with Crippen LogP contribution in [-0.2, 0) is 14.3 Å². The second-order valence-corrected chi connectivity index (χ2v) is 6.01. The smallest absolute Gasteiger partial charge is 0.373 e. The van der Waals surface area contributed by atoms with Crippen molar-refractivity contribution in [3.63, 3.8) is 0 Å². The molecule has 158 valence electrons. The molecule has 0 unspecified atom stereocenters. The maximum Gasteiger partial charge on any atom is 0.373 e. The van der Waals surface area contributed by atoms with Crippen LogP contribution < -0.4 is 9.47 Å². The quantitative estimate of drug-likeness (QED) is 0.202. The monoisotopic (exact) mass is 415 g/mol. The lowest BCUT2D eigenvalue weighted by Crippen LogP contribution is -2.18. The molecular weight excluding hydrogens is 394 g/mol. The van der Waals surface area contributed by atoms with Gasteiger partial charge in [0, 0.05) is 4.92 Å². The molecule has 1 atom stereocenters. The molecule has 0 amide bonds. The van der Waals surface area contributed by atoms with Crippen molar-refractivity contribution in [3.8, 4) is 11.5 Å². The zero-order chi connectivity index (χ0) is 22.1. The Labute approximate surface area is 173 Å². The summed E-state index contributed by atoms with van der Waals surface area (Å²) in [5, 5.41) is 11.2. The lowest BCUT2D eigenvalue weighted by molar-refractivity contribution is -0.481. The Morgan fingerprint density at radius 2 is 1.70 bits per heavy atom. The molecule has 9 nitrogen and oxygen atoms in total. The van der Waals surface area contributed by atoms with E-state index in [1.165, 1.54) is 26.4 Å². The SMILES string of the molecule is COC(=O)/C(=C/[C@@H](C[N+](=O)[O-])c1ccc(OC)cc1)OC(=O)c1ccccc1OC. The molecule has 2 aromatic rings. The fourth-order valence-corrected chi connectivity index (χ4v) is 2.66. The van der Waals surface area contributed by atoms with Gasteiger partial charge in [-0.25, -0.2) is 9.59 Å². The summed E-state index contributed by atoms with van der Waals surface area (Å²) in [6, 6.07) is 12.8. The van der Waals surface area contributed by atoms with Gasteiger partial charge in [0.2, 0.25) is 12.3 Å². The van der Waals surface area contributed by atoms with Gasteiger partial charge in [-0.05, 0) is 35.9 Å². The third-order valence-electron chi connectivity index (χ3n) is 4.16. The summed E-state index contributed by atoms with van der Waals surface area (Å²) in [7, 11) is 4.00. The number of hydrogen-bond acceptors (Lipinski definition) is 8. The number of para-hydroxylation sites is 1. The zero-order valence-electron chi connectivity index (χ0n) is 16.7. The maximum absolute atomic E-state index is 12.6. The Morgan fingerprint density at radius 1 is 1.03 bits per heavy atom. The Bertz CT molecular complexity index is 936. The number of ether oxygens (including phenoxy) is 4. The zero-order valence-corrected chi connectivity index (χ0v) is 16.7. The van der Waals surface area contributed by atoms with Crippen molar-refractivity contribution < 1.29 is 33.5 Å². The average molecular weight is 415 g/mol. The van der Waals surface area contributed by atoms with Crippen molar-refractivity contribution in [2.75, 3.05) is 27.9 Å². The normalized spacial score (nSPS) is 11.9. The molecule has 0 bridgehead atoms. The van der Waals surface area contributed by atoms with Crippen LogP contribution in [0.4, 0.5) is 0 Å². The van der Waals surface area contributed by atoms with Crippen LogP contribution in [0.3, 0.4) is 0 Å². The highest BCUT2D eigenvalue weighted by Gasteiger charge is 2.24. The van der Waals surface area contributed by atoms with E-state index in [9.17, 15) is 19.7 Å². The molecular formula is C21H21NO8. The summed E-state index contributed by atoms with van der Waals surface area (Å²) >= 11 is 0. The number of benzene rings is 2. The standard InChI is InChI=1S/C21H21NO8/c1-27-16-10-8-14(9-11-16)15(13-22(25)26)12-19(21(24)29-3)30-20(23)17-6-4-5-7-18(17)28-2/h4-12,15H,13H2,1-3H3/b19-12-/t15-/m0/s1.